The number of hydrogen-bond donors (Lipinski definition) is 1. The van der Waals surface area contributed by atoms with Crippen LogP contribution in [0, 0.1) is 0 Å². The molecule has 1 aliphatic heterocycles. The van der Waals surface area contributed by atoms with Gasteiger partial charge in [-0.2, -0.15) is 0 Å². The highest BCUT2D eigenvalue weighted by molar-refractivity contribution is 6.31. The second-order valence-electron chi connectivity index (χ2n) is 5.21. The third-order valence-electron chi connectivity index (χ3n) is 3.10. The minimum atomic E-state index is -0.594. The predicted molar refractivity (Wildman–Crippen MR) is 80.6 cm³/mol. The number of benzene rings is 2. The van der Waals surface area contributed by atoms with Gasteiger partial charge in [-0.1, -0.05) is 29.8 Å². The first-order valence-electron chi connectivity index (χ1n) is 6.53. The van der Waals surface area contributed by atoms with Crippen LogP contribution >= 0.6 is 11.6 Å². The smallest absolute Gasteiger partial charge is 0.246 e. The van der Waals surface area contributed by atoms with Crippen LogP contribution in [0.25, 0.3) is 0 Å². The summed E-state index contributed by atoms with van der Waals surface area (Å²) in [4.78, 5) is 0. The van der Waals surface area contributed by atoms with Gasteiger partial charge >= 0.3 is 0 Å². The Bertz CT molecular complexity index is 640. The Morgan fingerprint density at radius 1 is 1.05 bits per heavy atom. The zero-order valence-corrected chi connectivity index (χ0v) is 12.2. The summed E-state index contributed by atoms with van der Waals surface area (Å²) in [5, 5.41) is 4.10. The zero-order valence-electron chi connectivity index (χ0n) is 11.4. The van der Waals surface area contributed by atoms with E-state index in [9.17, 15) is 0 Å². The lowest BCUT2D eigenvalue weighted by Gasteiger charge is -2.16. The van der Waals surface area contributed by atoms with E-state index in [1.54, 1.807) is 0 Å². The molecule has 1 heterocycles. The lowest BCUT2D eigenvalue weighted by atomic mass is 10.2. The van der Waals surface area contributed by atoms with Crippen molar-refractivity contribution in [2.24, 2.45) is 0 Å². The van der Waals surface area contributed by atoms with Gasteiger partial charge in [0.2, 0.25) is 5.79 Å². The van der Waals surface area contributed by atoms with Crippen molar-refractivity contribution >= 4 is 17.3 Å². The van der Waals surface area contributed by atoms with Crippen LogP contribution in [0.3, 0.4) is 0 Å². The maximum atomic E-state index is 6.14. The fourth-order valence-electron chi connectivity index (χ4n) is 2.17. The monoisotopic (exact) mass is 289 g/mol. The van der Waals surface area contributed by atoms with E-state index < -0.39 is 5.79 Å². The molecule has 0 unspecified atom stereocenters. The Morgan fingerprint density at radius 3 is 2.60 bits per heavy atom. The molecule has 1 aliphatic rings. The van der Waals surface area contributed by atoms with Gasteiger partial charge in [0.05, 0.1) is 0 Å². The summed E-state index contributed by atoms with van der Waals surface area (Å²) in [6, 6.07) is 13.6. The quantitative estimate of drug-likeness (QED) is 0.905. The van der Waals surface area contributed by atoms with Crippen molar-refractivity contribution < 1.29 is 9.47 Å². The Hall–Kier alpha value is -1.87. The lowest BCUT2D eigenvalue weighted by Crippen LogP contribution is -2.29. The first-order valence-corrected chi connectivity index (χ1v) is 6.91. The van der Waals surface area contributed by atoms with E-state index in [4.69, 9.17) is 21.1 Å². The van der Waals surface area contributed by atoms with Gasteiger partial charge in [-0.25, -0.2) is 0 Å². The fourth-order valence-corrected chi connectivity index (χ4v) is 2.37. The molecule has 3 rings (SSSR count). The summed E-state index contributed by atoms with van der Waals surface area (Å²) in [5.41, 5.74) is 2.04. The predicted octanol–water partition coefficient (Wildman–Crippen LogP) is 4.46. The largest absolute Gasteiger partial charge is 0.449 e. The van der Waals surface area contributed by atoms with Crippen molar-refractivity contribution in [2.45, 2.75) is 26.2 Å². The Kier molecular flexibility index (Phi) is 3.22. The van der Waals surface area contributed by atoms with E-state index in [1.165, 1.54) is 0 Å². The van der Waals surface area contributed by atoms with E-state index in [0.717, 1.165) is 27.8 Å². The van der Waals surface area contributed by atoms with Gasteiger partial charge in [0, 0.05) is 37.2 Å². The van der Waals surface area contributed by atoms with E-state index in [0.29, 0.717) is 6.54 Å². The molecular weight excluding hydrogens is 274 g/mol. The highest BCUT2D eigenvalue weighted by Crippen LogP contribution is 2.40. The van der Waals surface area contributed by atoms with E-state index in [1.807, 2.05) is 56.3 Å². The van der Waals surface area contributed by atoms with Crippen molar-refractivity contribution in [3.8, 4) is 11.5 Å². The van der Waals surface area contributed by atoms with Gasteiger partial charge in [-0.15, -0.1) is 0 Å². The average molecular weight is 290 g/mol. The van der Waals surface area contributed by atoms with Crippen LogP contribution in [0.4, 0.5) is 5.69 Å². The Morgan fingerprint density at radius 2 is 1.80 bits per heavy atom. The van der Waals surface area contributed by atoms with Crippen molar-refractivity contribution in [3.05, 3.63) is 53.1 Å². The van der Waals surface area contributed by atoms with E-state index in [-0.39, 0.29) is 0 Å². The number of nitrogens with one attached hydrogen (secondary N) is 1. The topological polar surface area (TPSA) is 30.5 Å². The molecule has 0 spiro atoms. The summed E-state index contributed by atoms with van der Waals surface area (Å²) in [5.74, 6) is 0.946. The molecular formula is C16H16ClNO2. The number of fused-ring (bicyclic) bond motifs is 1. The van der Waals surface area contributed by atoms with Gasteiger partial charge in [0.1, 0.15) is 0 Å². The standard InChI is InChI=1S/C16H16ClNO2/c1-16(2)19-14-8-7-12(9-15(14)20-16)18-10-11-5-3-4-6-13(11)17/h3-9,18H,10H2,1-2H3. The molecule has 20 heavy (non-hydrogen) atoms. The molecule has 104 valence electrons. The summed E-state index contributed by atoms with van der Waals surface area (Å²) >= 11 is 6.14. The van der Waals surface area contributed by atoms with Crippen LogP contribution in [0.2, 0.25) is 5.02 Å². The van der Waals surface area contributed by atoms with Crippen LogP contribution in [-0.4, -0.2) is 5.79 Å². The first kappa shape index (κ1) is 13.1. The normalized spacial score (nSPS) is 15.2. The maximum Gasteiger partial charge on any atom is 0.246 e. The highest BCUT2D eigenvalue weighted by Gasteiger charge is 2.31. The molecule has 1 N–H and O–H groups in total. The number of hydrogen-bond acceptors (Lipinski definition) is 3. The van der Waals surface area contributed by atoms with Gasteiger partial charge in [0.15, 0.2) is 11.5 Å². The molecule has 0 saturated heterocycles. The number of ether oxygens (including phenoxy) is 2. The van der Waals surface area contributed by atoms with E-state index >= 15 is 0 Å². The molecule has 0 saturated carbocycles. The second kappa shape index (κ2) is 4.91. The van der Waals surface area contributed by atoms with Crippen molar-refractivity contribution in [3.63, 3.8) is 0 Å². The summed E-state index contributed by atoms with van der Waals surface area (Å²) in [7, 11) is 0. The molecule has 0 amide bonds. The van der Waals surface area contributed by atoms with Crippen molar-refractivity contribution in [2.75, 3.05) is 5.32 Å². The first-order chi connectivity index (χ1) is 9.53. The van der Waals surface area contributed by atoms with Crippen LogP contribution in [0.5, 0.6) is 11.5 Å². The SMILES string of the molecule is CC1(C)Oc2ccc(NCc3ccccc3Cl)cc2O1. The van der Waals surface area contributed by atoms with Gasteiger partial charge in [0.25, 0.3) is 0 Å². The molecule has 2 aromatic rings. The van der Waals surface area contributed by atoms with Crippen molar-refractivity contribution in [1.29, 1.82) is 0 Å². The molecule has 4 heteroatoms. The molecule has 0 atom stereocenters. The fraction of sp³-hybridized carbons (Fsp3) is 0.250. The Balaban J connectivity index is 1.73. The molecule has 3 nitrogen and oxygen atoms in total. The third-order valence-corrected chi connectivity index (χ3v) is 3.46. The maximum absolute atomic E-state index is 6.14. The molecule has 0 aromatic heterocycles. The van der Waals surface area contributed by atoms with Crippen LogP contribution in [-0.2, 0) is 6.54 Å². The molecule has 0 aliphatic carbocycles. The minimum absolute atomic E-state index is 0.594. The number of anilines is 1. The molecule has 0 fully saturated rings. The average Bonchev–Trinajstić information content (AvgIpc) is 2.71. The van der Waals surface area contributed by atoms with Gasteiger partial charge < -0.3 is 14.8 Å². The van der Waals surface area contributed by atoms with E-state index in [2.05, 4.69) is 5.32 Å². The summed E-state index contributed by atoms with van der Waals surface area (Å²) in [6.45, 7) is 4.45. The molecule has 0 bridgehead atoms. The van der Waals surface area contributed by atoms with Gasteiger partial charge in [-0.3, -0.25) is 0 Å². The Labute approximate surface area is 123 Å². The van der Waals surface area contributed by atoms with Crippen LogP contribution in [0.1, 0.15) is 19.4 Å². The number of rotatable bonds is 3. The summed E-state index contributed by atoms with van der Waals surface area (Å²) in [6.07, 6.45) is 0. The number of halogens is 1. The van der Waals surface area contributed by atoms with Crippen LogP contribution < -0.4 is 14.8 Å². The third kappa shape index (κ3) is 2.68. The van der Waals surface area contributed by atoms with Gasteiger partial charge in [-0.05, 0) is 23.8 Å². The zero-order chi connectivity index (χ0) is 14.2. The summed E-state index contributed by atoms with van der Waals surface area (Å²) < 4.78 is 11.4. The minimum Gasteiger partial charge on any atom is -0.449 e. The molecule has 0 radical (unpaired) electrons. The van der Waals surface area contributed by atoms with Crippen molar-refractivity contribution in [1.82, 2.24) is 0 Å². The van der Waals surface area contributed by atoms with Crippen LogP contribution in [0.15, 0.2) is 42.5 Å². The molecule has 2 aromatic carbocycles. The highest BCUT2D eigenvalue weighted by atomic mass is 35.5. The second-order valence-corrected chi connectivity index (χ2v) is 5.62. The lowest BCUT2D eigenvalue weighted by molar-refractivity contribution is -0.0431.